The quantitative estimate of drug-likeness (QED) is 0.802. The minimum atomic E-state index is -2.95. The van der Waals surface area contributed by atoms with E-state index in [9.17, 15) is 18.4 Å². The molecule has 1 fully saturated rings. The molecular formula is C14H16F2N2O3. The van der Waals surface area contributed by atoms with Crippen LogP contribution < -0.4 is 15.4 Å². The van der Waals surface area contributed by atoms with E-state index in [1.165, 1.54) is 24.3 Å². The van der Waals surface area contributed by atoms with Gasteiger partial charge < -0.3 is 15.4 Å². The van der Waals surface area contributed by atoms with E-state index in [0.29, 0.717) is 12.5 Å². The highest BCUT2D eigenvalue weighted by atomic mass is 19.3. The van der Waals surface area contributed by atoms with Crippen molar-refractivity contribution in [1.29, 1.82) is 0 Å². The molecule has 1 aromatic carbocycles. The molecule has 2 amide bonds. The number of carbonyl (C=O) groups excluding carboxylic acids is 2. The van der Waals surface area contributed by atoms with Gasteiger partial charge in [0.15, 0.2) is 0 Å². The summed E-state index contributed by atoms with van der Waals surface area (Å²) in [5.41, 5.74) is 0.156. The molecule has 0 radical (unpaired) electrons. The number of hydrogen-bond acceptors (Lipinski definition) is 3. The lowest BCUT2D eigenvalue weighted by molar-refractivity contribution is -0.120. The molecule has 5 nitrogen and oxygen atoms in total. The number of nitrogens with one attached hydrogen (secondary N) is 2. The lowest BCUT2D eigenvalue weighted by Crippen LogP contribution is -2.37. The summed E-state index contributed by atoms with van der Waals surface area (Å²) >= 11 is 0. The van der Waals surface area contributed by atoms with Gasteiger partial charge in [-0.15, -0.1) is 0 Å². The molecule has 0 aromatic heterocycles. The molecule has 1 aliphatic carbocycles. The SMILES string of the molecule is O=C(CNC(=O)c1cccc(OC(F)F)c1)NCC1CC1. The average molecular weight is 298 g/mol. The highest BCUT2D eigenvalue weighted by Crippen LogP contribution is 2.27. The number of carbonyl (C=O) groups is 2. The topological polar surface area (TPSA) is 67.4 Å². The Morgan fingerprint density at radius 2 is 2.05 bits per heavy atom. The predicted molar refractivity (Wildman–Crippen MR) is 71.1 cm³/mol. The van der Waals surface area contributed by atoms with Crippen LogP contribution in [0.2, 0.25) is 0 Å². The third-order valence-electron chi connectivity index (χ3n) is 3.02. The Bertz CT molecular complexity index is 519. The zero-order chi connectivity index (χ0) is 15.2. The van der Waals surface area contributed by atoms with Gasteiger partial charge in [-0.25, -0.2) is 0 Å². The summed E-state index contributed by atoms with van der Waals surface area (Å²) in [6.45, 7) is -2.46. The Kier molecular flexibility index (Phi) is 5.08. The molecule has 0 atom stereocenters. The number of benzene rings is 1. The van der Waals surface area contributed by atoms with Gasteiger partial charge in [-0.2, -0.15) is 8.78 Å². The van der Waals surface area contributed by atoms with Crippen LogP contribution in [0.15, 0.2) is 24.3 Å². The van der Waals surface area contributed by atoms with Crippen molar-refractivity contribution >= 4 is 11.8 Å². The number of amides is 2. The molecule has 1 aliphatic rings. The molecule has 114 valence electrons. The zero-order valence-electron chi connectivity index (χ0n) is 11.3. The van der Waals surface area contributed by atoms with E-state index < -0.39 is 12.5 Å². The smallest absolute Gasteiger partial charge is 0.387 e. The predicted octanol–water partition coefficient (Wildman–Crippen LogP) is 1.54. The number of alkyl halides is 2. The standard InChI is InChI=1S/C14H16F2N2O3/c15-14(16)21-11-3-1-2-10(6-11)13(20)18-8-12(19)17-7-9-4-5-9/h1-3,6,9,14H,4-5,7-8H2,(H,17,19)(H,18,20). The van der Waals surface area contributed by atoms with E-state index in [-0.39, 0.29) is 23.8 Å². The van der Waals surface area contributed by atoms with E-state index in [4.69, 9.17) is 0 Å². The summed E-state index contributed by atoms with van der Waals surface area (Å²) in [7, 11) is 0. The molecule has 0 aliphatic heterocycles. The van der Waals surface area contributed by atoms with Crippen molar-refractivity contribution < 1.29 is 23.1 Å². The Balaban J connectivity index is 1.80. The normalized spacial score (nSPS) is 13.9. The minimum Gasteiger partial charge on any atom is -0.435 e. The van der Waals surface area contributed by atoms with Crippen molar-refractivity contribution in [3.8, 4) is 5.75 Å². The molecule has 1 saturated carbocycles. The van der Waals surface area contributed by atoms with Gasteiger partial charge in [0.05, 0.1) is 6.54 Å². The summed E-state index contributed by atoms with van der Waals surface area (Å²) in [4.78, 5) is 23.3. The molecule has 7 heteroatoms. The van der Waals surface area contributed by atoms with Gasteiger partial charge in [-0.1, -0.05) is 6.07 Å². The first-order chi connectivity index (χ1) is 10.0. The maximum atomic E-state index is 12.1. The number of hydrogen-bond donors (Lipinski definition) is 2. The van der Waals surface area contributed by atoms with Crippen LogP contribution >= 0.6 is 0 Å². The van der Waals surface area contributed by atoms with Gasteiger partial charge in [0, 0.05) is 12.1 Å². The van der Waals surface area contributed by atoms with Crippen LogP contribution in [0, 0.1) is 5.92 Å². The van der Waals surface area contributed by atoms with Crippen LogP contribution in [0.4, 0.5) is 8.78 Å². The van der Waals surface area contributed by atoms with Crippen molar-refractivity contribution in [3.05, 3.63) is 29.8 Å². The van der Waals surface area contributed by atoms with E-state index in [0.717, 1.165) is 12.8 Å². The van der Waals surface area contributed by atoms with Crippen LogP contribution in [0.1, 0.15) is 23.2 Å². The Labute approximate surface area is 120 Å². The second-order valence-electron chi connectivity index (χ2n) is 4.84. The molecular weight excluding hydrogens is 282 g/mol. The Morgan fingerprint density at radius 1 is 1.29 bits per heavy atom. The van der Waals surface area contributed by atoms with Crippen LogP contribution in [-0.4, -0.2) is 31.5 Å². The van der Waals surface area contributed by atoms with Gasteiger partial charge in [0.25, 0.3) is 5.91 Å². The fraction of sp³-hybridized carbons (Fsp3) is 0.429. The molecule has 0 saturated heterocycles. The highest BCUT2D eigenvalue weighted by Gasteiger charge is 2.21. The van der Waals surface area contributed by atoms with Gasteiger partial charge in [-0.3, -0.25) is 9.59 Å². The first-order valence-electron chi connectivity index (χ1n) is 6.64. The first-order valence-corrected chi connectivity index (χ1v) is 6.64. The molecule has 2 N–H and O–H groups in total. The van der Waals surface area contributed by atoms with E-state index in [1.54, 1.807) is 0 Å². The van der Waals surface area contributed by atoms with Crippen LogP contribution in [-0.2, 0) is 4.79 Å². The summed E-state index contributed by atoms with van der Waals surface area (Å²) in [5, 5.41) is 5.14. The average Bonchev–Trinajstić information content (AvgIpc) is 3.26. The maximum absolute atomic E-state index is 12.1. The second-order valence-corrected chi connectivity index (χ2v) is 4.84. The van der Waals surface area contributed by atoms with Gasteiger partial charge in [-0.05, 0) is 37.0 Å². The Morgan fingerprint density at radius 3 is 2.71 bits per heavy atom. The van der Waals surface area contributed by atoms with Gasteiger partial charge in [0.2, 0.25) is 5.91 Å². The molecule has 0 spiro atoms. The summed E-state index contributed by atoms with van der Waals surface area (Å²) in [6.07, 6.45) is 2.26. The van der Waals surface area contributed by atoms with Crippen LogP contribution in [0.5, 0.6) is 5.75 Å². The van der Waals surface area contributed by atoms with Crippen LogP contribution in [0.3, 0.4) is 0 Å². The molecule has 1 aromatic rings. The van der Waals surface area contributed by atoms with E-state index in [1.807, 2.05) is 0 Å². The highest BCUT2D eigenvalue weighted by molar-refractivity contribution is 5.96. The van der Waals surface area contributed by atoms with Crippen molar-refractivity contribution in [1.82, 2.24) is 10.6 Å². The summed E-state index contributed by atoms with van der Waals surface area (Å²) < 4.78 is 28.4. The molecule has 0 unspecified atom stereocenters. The maximum Gasteiger partial charge on any atom is 0.387 e. The molecule has 2 rings (SSSR count). The van der Waals surface area contributed by atoms with Crippen molar-refractivity contribution in [2.24, 2.45) is 5.92 Å². The summed E-state index contributed by atoms with van der Waals surface area (Å²) in [6, 6.07) is 5.41. The van der Waals surface area contributed by atoms with Crippen molar-refractivity contribution in [3.63, 3.8) is 0 Å². The fourth-order valence-corrected chi connectivity index (χ4v) is 1.72. The summed E-state index contributed by atoms with van der Waals surface area (Å²) in [5.74, 6) is -0.324. The number of rotatable bonds is 7. The van der Waals surface area contributed by atoms with Crippen molar-refractivity contribution in [2.75, 3.05) is 13.1 Å². The fourth-order valence-electron chi connectivity index (χ4n) is 1.72. The zero-order valence-corrected chi connectivity index (χ0v) is 11.3. The third kappa shape index (κ3) is 5.37. The minimum absolute atomic E-state index is 0.101. The lowest BCUT2D eigenvalue weighted by Gasteiger charge is -2.08. The van der Waals surface area contributed by atoms with Crippen LogP contribution in [0.25, 0.3) is 0 Å². The monoisotopic (exact) mass is 298 g/mol. The number of ether oxygens (including phenoxy) is 1. The number of halogens is 2. The van der Waals surface area contributed by atoms with Gasteiger partial charge >= 0.3 is 6.61 Å². The van der Waals surface area contributed by atoms with Crippen molar-refractivity contribution in [2.45, 2.75) is 19.5 Å². The van der Waals surface area contributed by atoms with Gasteiger partial charge in [0.1, 0.15) is 5.75 Å². The first kappa shape index (κ1) is 15.2. The lowest BCUT2D eigenvalue weighted by atomic mass is 10.2. The van der Waals surface area contributed by atoms with E-state index >= 15 is 0 Å². The Hall–Kier alpha value is -2.18. The molecule has 21 heavy (non-hydrogen) atoms. The third-order valence-corrected chi connectivity index (χ3v) is 3.02. The van der Waals surface area contributed by atoms with E-state index in [2.05, 4.69) is 15.4 Å². The molecule has 0 bridgehead atoms. The largest absolute Gasteiger partial charge is 0.435 e. The second kappa shape index (κ2) is 7.01. The molecule has 0 heterocycles.